The van der Waals surface area contributed by atoms with E-state index in [-0.39, 0.29) is 24.4 Å². The van der Waals surface area contributed by atoms with E-state index in [1.807, 2.05) is 60.7 Å². The van der Waals surface area contributed by atoms with E-state index in [2.05, 4.69) is 20.3 Å². The van der Waals surface area contributed by atoms with Crippen molar-refractivity contribution in [3.05, 3.63) is 96.4 Å². The zero-order chi connectivity index (χ0) is 23.5. The Morgan fingerprint density at radius 3 is 2.53 bits per heavy atom. The van der Waals surface area contributed by atoms with Crippen LogP contribution in [0.3, 0.4) is 0 Å². The van der Waals surface area contributed by atoms with E-state index < -0.39 is 11.7 Å². The van der Waals surface area contributed by atoms with Crippen LogP contribution in [0.4, 0.5) is 30.6 Å². The van der Waals surface area contributed by atoms with Gasteiger partial charge in [-0.3, -0.25) is 9.82 Å². The van der Waals surface area contributed by atoms with E-state index in [0.717, 1.165) is 22.9 Å². The second-order valence-corrected chi connectivity index (χ2v) is 7.75. The quantitative estimate of drug-likeness (QED) is 0.381. The summed E-state index contributed by atoms with van der Waals surface area (Å²) in [5.74, 6) is -0.284. The van der Waals surface area contributed by atoms with Gasteiger partial charge in [-0.2, -0.15) is 18.2 Å². The number of rotatable bonds is 5. The van der Waals surface area contributed by atoms with Crippen LogP contribution < -0.4 is 10.4 Å². The van der Waals surface area contributed by atoms with E-state index >= 15 is 0 Å². The highest BCUT2D eigenvalue weighted by atomic mass is 19.4. The minimum Gasteiger partial charge on any atom is -0.324 e. The van der Waals surface area contributed by atoms with Crippen LogP contribution in [-0.2, 0) is 11.0 Å². The number of pyridine rings is 1. The molecule has 1 aliphatic rings. The first kappa shape index (κ1) is 21.8. The fraction of sp³-hybridized carbons (Fsp3) is 0.160. The predicted molar refractivity (Wildman–Crippen MR) is 122 cm³/mol. The van der Waals surface area contributed by atoms with Crippen LogP contribution in [0.1, 0.15) is 23.6 Å². The number of nitrogens with zero attached hydrogens (tertiary/aromatic N) is 4. The van der Waals surface area contributed by atoms with Gasteiger partial charge in [0.1, 0.15) is 5.56 Å². The lowest BCUT2D eigenvalue weighted by Gasteiger charge is -2.26. The van der Waals surface area contributed by atoms with Gasteiger partial charge in [0, 0.05) is 36.3 Å². The first-order valence-electron chi connectivity index (χ1n) is 10.7. The molecule has 0 aliphatic carbocycles. The third-order valence-corrected chi connectivity index (χ3v) is 5.49. The Labute approximate surface area is 194 Å². The van der Waals surface area contributed by atoms with E-state index in [9.17, 15) is 13.2 Å². The molecule has 1 N–H and O–H groups in total. The molecule has 1 fully saturated rings. The Morgan fingerprint density at radius 2 is 1.76 bits per heavy atom. The monoisotopic (exact) mass is 463 g/mol. The van der Waals surface area contributed by atoms with Crippen LogP contribution in [0.5, 0.6) is 0 Å². The molecule has 0 saturated carbocycles. The summed E-state index contributed by atoms with van der Waals surface area (Å²) in [5.41, 5.74) is 2.35. The topological polar surface area (TPSA) is 63.2 Å². The summed E-state index contributed by atoms with van der Waals surface area (Å²) in [6.07, 6.45) is 0.120. The van der Waals surface area contributed by atoms with Crippen molar-refractivity contribution in [2.45, 2.75) is 18.6 Å². The van der Waals surface area contributed by atoms with Crippen molar-refractivity contribution >= 4 is 17.5 Å². The average Bonchev–Trinajstić information content (AvgIpc) is 3.35. The number of halogens is 3. The minimum absolute atomic E-state index is 0.0358. The van der Waals surface area contributed by atoms with Gasteiger partial charge >= 0.3 is 6.18 Å². The summed E-state index contributed by atoms with van der Waals surface area (Å²) in [6.45, 7) is 0.288. The maximum Gasteiger partial charge on any atom is 0.421 e. The molecular weight excluding hydrogens is 443 g/mol. The Bertz CT molecular complexity index is 1270. The molecule has 2 aromatic carbocycles. The van der Waals surface area contributed by atoms with Crippen molar-refractivity contribution in [1.82, 2.24) is 15.0 Å². The normalized spacial score (nSPS) is 16.0. The van der Waals surface area contributed by atoms with Gasteiger partial charge in [-0.05, 0) is 29.3 Å². The third-order valence-electron chi connectivity index (χ3n) is 5.49. The molecule has 172 valence electrons. The highest BCUT2D eigenvalue weighted by Crippen LogP contribution is 2.41. The number of nitrogens with one attached hydrogen (secondary N) is 1. The second-order valence-electron chi connectivity index (χ2n) is 7.75. The smallest absolute Gasteiger partial charge is 0.324 e. The van der Waals surface area contributed by atoms with E-state index in [0.29, 0.717) is 12.1 Å². The summed E-state index contributed by atoms with van der Waals surface area (Å²) < 4.78 is 41.5. The van der Waals surface area contributed by atoms with Crippen molar-refractivity contribution in [2.75, 3.05) is 17.0 Å². The Morgan fingerprint density at radius 1 is 0.941 bits per heavy atom. The number of hydrogen-bond donors (Lipinski definition) is 1. The SMILES string of the molecule is FC(F)(F)c1cnc(Nc2cccc(-c3cccnc3)c2)nc1N1OCCC1c1ccccc1. The van der Waals surface area contributed by atoms with Gasteiger partial charge in [-0.1, -0.05) is 48.5 Å². The first-order valence-corrected chi connectivity index (χ1v) is 10.7. The van der Waals surface area contributed by atoms with Crippen molar-refractivity contribution in [3.8, 4) is 11.1 Å². The van der Waals surface area contributed by atoms with Crippen LogP contribution >= 0.6 is 0 Å². The van der Waals surface area contributed by atoms with Crippen molar-refractivity contribution in [1.29, 1.82) is 0 Å². The predicted octanol–water partition coefficient (Wildman–Crippen LogP) is 6.18. The molecule has 6 nitrogen and oxygen atoms in total. The molecule has 3 heterocycles. The van der Waals surface area contributed by atoms with Crippen molar-refractivity contribution in [2.24, 2.45) is 0 Å². The molecule has 0 spiro atoms. The fourth-order valence-electron chi connectivity index (χ4n) is 3.90. The van der Waals surface area contributed by atoms with E-state index in [1.165, 1.54) is 5.06 Å². The van der Waals surface area contributed by atoms with Gasteiger partial charge in [0.15, 0.2) is 5.82 Å². The fourth-order valence-corrected chi connectivity index (χ4v) is 3.90. The molecule has 2 aromatic heterocycles. The molecule has 0 amide bonds. The Hall–Kier alpha value is -3.98. The number of aromatic nitrogens is 3. The summed E-state index contributed by atoms with van der Waals surface area (Å²) in [5, 5.41) is 4.27. The highest BCUT2D eigenvalue weighted by Gasteiger charge is 2.40. The van der Waals surface area contributed by atoms with Crippen molar-refractivity contribution in [3.63, 3.8) is 0 Å². The number of hydroxylamine groups is 1. The molecular formula is C25H20F3N5O. The Kier molecular flexibility index (Phi) is 5.85. The van der Waals surface area contributed by atoms with Gasteiger partial charge in [0.2, 0.25) is 5.95 Å². The molecule has 5 rings (SSSR count). The van der Waals surface area contributed by atoms with Gasteiger partial charge in [0.05, 0.1) is 12.6 Å². The molecule has 4 aromatic rings. The highest BCUT2D eigenvalue weighted by molar-refractivity contribution is 5.69. The lowest BCUT2D eigenvalue weighted by Crippen LogP contribution is -2.26. The van der Waals surface area contributed by atoms with Gasteiger partial charge < -0.3 is 5.32 Å². The molecule has 0 radical (unpaired) electrons. The van der Waals surface area contributed by atoms with Crippen LogP contribution in [0.2, 0.25) is 0 Å². The zero-order valence-electron chi connectivity index (χ0n) is 17.9. The summed E-state index contributed by atoms with van der Waals surface area (Å²) in [4.78, 5) is 17.9. The van der Waals surface area contributed by atoms with E-state index in [1.54, 1.807) is 18.5 Å². The average molecular weight is 463 g/mol. The molecule has 1 saturated heterocycles. The number of benzene rings is 2. The van der Waals surface area contributed by atoms with Crippen LogP contribution in [0, 0.1) is 0 Å². The summed E-state index contributed by atoms with van der Waals surface area (Å²) in [6, 6.07) is 20.1. The second kappa shape index (κ2) is 9.11. The largest absolute Gasteiger partial charge is 0.421 e. The number of alkyl halides is 3. The zero-order valence-corrected chi connectivity index (χ0v) is 17.9. The molecule has 1 unspecified atom stereocenters. The summed E-state index contributed by atoms with van der Waals surface area (Å²) in [7, 11) is 0. The lowest BCUT2D eigenvalue weighted by atomic mass is 10.0. The van der Waals surface area contributed by atoms with Crippen LogP contribution in [0.15, 0.2) is 85.3 Å². The third kappa shape index (κ3) is 4.55. The number of hydrogen-bond acceptors (Lipinski definition) is 6. The summed E-state index contributed by atoms with van der Waals surface area (Å²) >= 11 is 0. The first-order chi connectivity index (χ1) is 16.5. The van der Waals surface area contributed by atoms with Gasteiger partial charge in [-0.25, -0.2) is 10.0 Å². The maximum absolute atomic E-state index is 13.8. The molecule has 34 heavy (non-hydrogen) atoms. The molecule has 0 bridgehead atoms. The van der Waals surface area contributed by atoms with Crippen LogP contribution in [0.25, 0.3) is 11.1 Å². The standard InChI is InChI=1S/C25H20F3N5O/c26-25(27,28)21-16-30-24(31-20-10-4-8-18(14-20)19-9-5-12-29-15-19)32-23(21)33-22(11-13-34-33)17-6-2-1-3-7-17/h1-10,12,14-16,22H,11,13H2,(H,30,31,32). The molecule has 1 aliphatic heterocycles. The van der Waals surface area contributed by atoms with Crippen molar-refractivity contribution < 1.29 is 18.0 Å². The Balaban J connectivity index is 1.49. The van der Waals surface area contributed by atoms with Gasteiger partial charge in [0.25, 0.3) is 0 Å². The van der Waals surface area contributed by atoms with Crippen LogP contribution in [-0.4, -0.2) is 21.6 Å². The van der Waals surface area contributed by atoms with Gasteiger partial charge in [-0.15, -0.1) is 0 Å². The van der Waals surface area contributed by atoms with E-state index in [4.69, 9.17) is 4.84 Å². The maximum atomic E-state index is 13.8. The lowest BCUT2D eigenvalue weighted by molar-refractivity contribution is -0.138. The molecule has 9 heteroatoms. The molecule has 1 atom stereocenters. The number of anilines is 3. The minimum atomic E-state index is -4.64.